The molecule has 4 aromatic carbocycles. The zero-order chi connectivity index (χ0) is 29.7. The van der Waals surface area contributed by atoms with E-state index in [2.05, 4.69) is 34.2 Å². The summed E-state index contributed by atoms with van der Waals surface area (Å²) in [4.78, 5) is 11.9. The van der Waals surface area contributed by atoms with Crippen LogP contribution in [-0.2, 0) is 13.2 Å². The highest BCUT2D eigenvalue weighted by Gasteiger charge is 2.06. The first-order chi connectivity index (χ1) is 20.4. The minimum atomic E-state index is 0. The first kappa shape index (κ1) is 31.6. The number of nitrogens with zero attached hydrogens (tertiary/aromatic N) is 4. The Morgan fingerprint density at radius 3 is 1.44 bits per heavy atom. The van der Waals surface area contributed by atoms with Crippen LogP contribution in [0.3, 0.4) is 0 Å². The SMILES string of the molecule is C=Cc1ccc(COc2ccc(-c3nc(N)nc(N)n3)cc2)cc1.C=Cc1ccc(COc2ccc(C#N)cc2)cc1.[B]. The van der Waals surface area contributed by atoms with E-state index in [4.69, 9.17) is 26.2 Å². The fourth-order valence-corrected chi connectivity index (χ4v) is 3.70. The van der Waals surface area contributed by atoms with E-state index in [1.807, 2.05) is 84.9 Å². The van der Waals surface area contributed by atoms with Crippen molar-refractivity contribution < 1.29 is 9.47 Å². The van der Waals surface area contributed by atoms with Crippen LogP contribution in [0, 0.1) is 11.3 Å². The van der Waals surface area contributed by atoms with E-state index in [0.717, 1.165) is 39.3 Å². The van der Waals surface area contributed by atoms with Crippen LogP contribution in [0.5, 0.6) is 11.5 Å². The highest BCUT2D eigenvalue weighted by Crippen LogP contribution is 2.21. The molecular weight excluding hydrogens is 535 g/mol. The Kier molecular flexibility index (Phi) is 11.6. The highest BCUT2D eigenvalue weighted by atomic mass is 16.5. The second-order valence-electron chi connectivity index (χ2n) is 9.00. The summed E-state index contributed by atoms with van der Waals surface area (Å²) >= 11 is 0. The van der Waals surface area contributed by atoms with Crippen LogP contribution in [0.4, 0.5) is 11.9 Å². The number of hydrogen-bond donors (Lipinski definition) is 2. The maximum absolute atomic E-state index is 8.69. The van der Waals surface area contributed by atoms with Crippen molar-refractivity contribution in [2.45, 2.75) is 13.2 Å². The Hall–Kier alpha value is -5.88. The van der Waals surface area contributed by atoms with Gasteiger partial charge in [-0.25, -0.2) is 0 Å². The molecule has 5 aromatic rings. The zero-order valence-corrected chi connectivity index (χ0v) is 23.6. The molecule has 1 heterocycles. The number of aromatic nitrogens is 3. The smallest absolute Gasteiger partial charge is 0.225 e. The van der Waals surface area contributed by atoms with Crippen LogP contribution in [0.2, 0.25) is 0 Å². The number of anilines is 2. The van der Waals surface area contributed by atoms with Gasteiger partial charge in [0.25, 0.3) is 0 Å². The number of rotatable bonds is 9. The highest BCUT2D eigenvalue weighted by molar-refractivity contribution is 5.75. The lowest BCUT2D eigenvalue weighted by atomic mass is 10.1. The Morgan fingerprint density at radius 2 is 1.05 bits per heavy atom. The number of hydrogen-bond acceptors (Lipinski definition) is 8. The van der Waals surface area contributed by atoms with Gasteiger partial charge in [-0.3, -0.25) is 0 Å². The fourth-order valence-electron chi connectivity index (χ4n) is 3.70. The van der Waals surface area contributed by atoms with Crippen LogP contribution in [0.1, 0.15) is 27.8 Å². The molecule has 0 fully saturated rings. The van der Waals surface area contributed by atoms with E-state index >= 15 is 0 Å². The van der Waals surface area contributed by atoms with E-state index in [0.29, 0.717) is 24.6 Å². The monoisotopic (exact) mass is 565 g/mol. The quantitative estimate of drug-likeness (QED) is 0.198. The van der Waals surface area contributed by atoms with Crippen LogP contribution >= 0.6 is 0 Å². The summed E-state index contributed by atoms with van der Waals surface area (Å²) in [6.07, 6.45) is 3.62. The van der Waals surface area contributed by atoms with Gasteiger partial charge in [-0.1, -0.05) is 73.8 Å². The molecule has 0 saturated heterocycles. The maximum atomic E-state index is 8.69. The van der Waals surface area contributed by atoms with Crippen molar-refractivity contribution in [1.29, 1.82) is 5.26 Å². The van der Waals surface area contributed by atoms with Crippen molar-refractivity contribution in [1.82, 2.24) is 15.0 Å². The summed E-state index contributed by atoms with van der Waals surface area (Å²) in [5, 5.41) is 8.69. The van der Waals surface area contributed by atoms with Gasteiger partial charge in [-0.15, -0.1) is 0 Å². The van der Waals surface area contributed by atoms with Gasteiger partial charge in [0.1, 0.15) is 24.7 Å². The minimum Gasteiger partial charge on any atom is -0.489 e. The average molecular weight is 565 g/mol. The van der Waals surface area contributed by atoms with Crippen molar-refractivity contribution in [3.63, 3.8) is 0 Å². The van der Waals surface area contributed by atoms with Crippen LogP contribution in [0.15, 0.2) is 110 Å². The Labute approximate surface area is 253 Å². The first-order valence-electron chi connectivity index (χ1n) is 13.0. The third-order valence-corrected chi connectivity index (χ3v) is 6.01. The molecule has 5 rings (SSSR count). The second-order valence-corrected chi connectivity index (χ2v) is 9.00. The minimum absolute atomic E-state index is 0. The molecule has 8 nitrogen and oxygen atoms in total. The van der Waals surface area contributed by atoms with Gasteiger partial charge < -0.3 is 20.9 Å². The van der Waals surface area contributed by atoms with Crippen molar-refractivity contribution in [2.75, 3.05) is 11.5 Å². The molecule has 0 bridgehead atoms. The van der Waals surface area contributed by atoms with Crippen molar-refractivity contribution in [3.05, 3.63) is 138 Å². The molecule has 1 aromatic heterocycles. The summed E-state index contributed by atoms with van der Waals surface area (Å²) in [6, 6.07) is 32.7. The van der Waals surface area contributed by atoms with E-state index in [9.17, 15) is 0 Å². The third kappa shape index (κ3) is 9.62. The van der Waals surface area contributed by atoms with Gasteiger partial charge in [0, 0.05) is 14.0 Å². The summed E-state index contributed by atoms with van der Waals surface area (Å²) < 4.78 is 11.4. The molecular formula is C34H30BN6O2. The Bertz CT molecular complexity index is 1650. The van der Waals surface area contributed by atoms with Gasteiger partial charge in [0.15, 0.2) is 5.82 Å². The molecule has 0 unspecified atom stereocenters. The van der Waals surface area contributed by atoms with Crippen molar-refractivity contribution >= 4 is 32.5 Å². The van der Waals surface area contributed by atoms with Crippen LogP contribution < -0.4 is 20.9 Å². The normalized spacial score (nSPS) is 9.74. The summed E-state index contributed by atoms with van der Waals surface area (Å²) in [5.41, 5.74) is 17.0. The lowest BCUT2D eigenvalue weighted by Gasteiger charge is -2.08. The summed E-state index contributed by atoms with van der Waals surface area (Å²) in [5.74, 6) is 2.15. The van der Waals surface area contributed by atoms with Crippen molar-refractivity contribution in [3.8, 4) is 29.0 Å². The number of nitrogen functional groups attached to an aromatic ring is 2. The number of ether oxygens (including phenoxy) is 2. The Balaban J connectivity index is 0.000000239. The molecule has 0 aliphatic rings. The third-order valence-electron chi connectivity index (χ3n) is 6.01. The zero-order valence-electron chi connectivity index (χ0n) is 23.6. The van der Waals surface area contributed by atoms with Gasteiger partial charge in [0.05, 0.1) is 11.6 Å². The standard InChI is InChI=1S/C18H17N5O.C16H13NO.B/c1-2-12-3-5-13(6-4-12)11-24-15-9-7-14(8-10-15)16-21-17(19)23-18(20)22-16;1-2-13-3-5-15(6-4-13)12-18-16-9-7-14(11-17)8-10-16;/h2-10H,1,11H2,(H4,19,20,21,22,23);2-10H,1,12H2;. The fraction of sp³-hybridized carbons (Fsp3) is 0.0588. The molecule has 211 valence electrons. The van der Waals surface area contributed by atoms with E-state index in [-0.39, 0.29) is 20.3 Å². The number of benzene rings is 4. The van der Waals surface area contributed by atoms with Gasteiger partial charge >= 0.3 is 0 Å². The molecule has 3 radical (unpaired) electrons. The predicted octanol–water partition coefficient (Wildman–Crippen LogP) is 6.32. The van der Waals surface area contributed by atoms with E-state index in [1.54, 1.807) is 24.3 Å². The number of nitrogens with two attached hydrogens (primary N) is 2. The second kappa shape index (κ2) is 15.8. The topological polar surface area (TPSA) is 133 Å². The molecule has 0 amide bonds. The first-order valence-corrected chi connectivity index (χ1v) is 13.0. The molecule has 0 spiro atoms. The summed E-state index contributed by atoms with van der Waals surface area (Å²) in [6.45, 7) is 8.46. The molecule has 9 heteroatoms. The molecule has 0 aliphatic carbocycles. The molecule has 0 atom stereocenters. The van der Waals surface area contributed by atoms with E-state index in [1.165, 1.54) is 0 Å². The molecule has 43 heavy (non-hydrogen) atoms. The van der Waals surface area contributed by atoms with Gasteiger partial charge in [-0.2, -0.15) is 20.2 Å². The lowest BCUT2D eigenvalue weighted by molar-refractivity contribution is 0.306. The maximum Gasteiger partial charge on any atom is 0.225 e. The van der Waals surface area contributed by atoms with Crippen LogP contribution in [-0.4, -0.2) is 23.4 Å². The number of nitriles is 1. The van der Waals surface area contributed by atoms with Gasteiger partial charge in [0.2, 0.25) is 11.9 Å². The van der Waals surface area contributed by atoms with E-state index < -0.39 is 0 Å². The molecule has 0 saturated carbocycles. The summed E-state index contributed by atoms with van der Waals surface area (Å²) in [7, 11) is 0. The molecule has 4 N–H and O–H groups in total. The molecule has 0 aliphatic heterocycles. The van der Waals surface area contributed by atoms with Crippen LogP contribution in [0.25, 0.3) is 23.5 Å². The largest absolute Gasteiger partial charge is 0.489 e. The van der Waals surface area contributed by atoms with Gasteiger partial charge in [-0.05, 0) is 70.8 Å². The average Bonchev–Trinajstić information content (AvgIpc) is 3.03. The lowest BCUT2D eigenvalue weighted by Crippen LogP contribution is -2.04. The Morgan fingerprint density at radius 1 is 0.628 bits per heavy atom. The predicted molar refractivity (Wildman–Crippen MR) is 173 cm³/mol. The van der Waals surface area contributed by atoms with Crippen molar-refractivity contribution in [2.24, 2.45) is 0 Å².